The van der Waals surface area contributed by atoms with E-state index in [0.29, 0.717) is 24.3 Å². The van der Waals surface area contributed by atoms with E-state index >= 15 is 0 Å². The summed E-state index contributed by atoms with van der Waals surface area (Å²) in [6.45, 7) is 3.18. The van der Waals surface area contributed by atoms with E-state index in [1.54, 1.807) is 11.0 Å². The summed E-state index contributed by atoms with van der Waals surface area (Å²) in [4.78, 5) is 29.7. The van der Waals surface area contributed by atoms with Crippen LogP contribution in [-0.2, 0) is 0 Å². The molecular formula is C19H19N3O3. The minimum atomic E-state index is -0.186. The fourth-order valence-corrected chi connectivity index (χ4v) is 3.15. The number of fused-ring (bicyclic) bond motifs is 1. The number of amides is 2. The molecule has 1 saturated heterocycles. The zero-order valence-electron chi connectivity index (χ0n) is 13.9. The van der Waals surface area contributed by atoms with Crippen molar-refractivity contribution in [3.05, 3.63) is 59.7 Å². The number of aryl methyl sites for hydroxylation is 1. The molecular weight excluding hydrogens is 318 g/mol. The molecule has 3 aromatic rings. The monoisotopic (exact) mass is 337 g/mol. The Hall–Kier alpha value is -3.02. The lowest BCUT2D eigenvalue weighted by molar-refractivity contribution is 0.0451. The molecule has 1 aliphatic rings. The third-order valence-electron chi connectivity index (χ3n) is 4.69. The number of nitrogens with zero attached hydrogens (tertiary/aromatic N) is 1. The Balaban J connectivity index is 1.42. The third kappa shape index (κ3) is 2.91. The van der Waals surface area contributed by atoms with Gasteiger partial charge in [0, 0.05) is 24.0 Å². The van der Waals surface area contributed by atoms with Crippen LogP contribution in [0.2, 0.25) is 0 Å². The van der Waals surface area contributed by atoms with Crippen molar-refractivity contribution in [3.63, 3.8) is 0 Å². The first-order valence-electron chi connectivity index (χ1n) is 8.32. The average Bonchev–Trinajstić information content (AvgIpc) is 3.22. The Kier molecular flexibility index (Phi) is 3.80. The molecule has 3 heterocycles. The van der Waals surface area contributed by atoms with Gasteiger partial charge in [-0.1, -0.05) is 11.6 Å². The van der Waals surface area contributed by atoms with Crippen molar-refractivity contribution in [1.29, 1.82) is 0 Å². The molecule has 25 heavy (non-hydrogen) atoms. The van der Waals surface area contributed by atoms with Crippen molar-refractivity contribution in [2.75, 3.05) is 13.1 Å². The van der Waals surface area contributed by atoms with Crippen molar-refractivity contribution >= 4 is 22.7 Å². The molecule has 0 radical (unpaired) electrons. The van der Waals surface area contributed by atoms with Crippen LogP contribution in [-0.4, -0.2) is 40.8 Å². The van der Waals surface area contributed by atoms with Gasteiger partial charge in [-0.05, 0) is 37.6 Å². The zero-order chi connectivity index (χ0) is 17.4. The first-order valence-corrected chi connectivity index (χ1v) is 8.32. The highest BCUT2D eigenvalue weighted by Crippen LogP contribution is 2.23. The summed E-state index contributed by atoms with van der Waals surface area (Å²) in [5.41, 5.74) is 3.20. The standard InChI is InChI=1S/C19H19N3O3/c1-12-2-3-16-14(8-12)9-17(21-16)19(24)22-6-4-15(22)10-20-18(23)13-5-7-25-11-13/h2-3,5,7-9,11,15,21H,4,6,10H2,1H3,(H,20,23). The molecule has 1 fully saturated rings. The van der Waals surface area contributed by atoms with Gasteiger partial charge in [0.25, 0.3) is 11.8 Å². The Morgan fingerprint density at radius 3 is 2.92 bits per heavy atom. The summed E-state index contributed by atoms with van der Waals surface area (Å²) in [6, 6.07) is 9.60. The van der Waals surface area contributed by atoms with Gasteiger partial charge in [-0.2, -0.15) is 0 Å². The lowest BCUT2D eigenvalue weighted by Gasteiger charge is -2.40. The van der Waals surface area contributed by atoms with Gasteiger partial charge in [-0.15, -0.1) is 0 Å². The van der Waals surface area contributed by atoms with E-state index in [9.17, 15) is 9.59 Å². The maximum absolute atomic E-state index is 12.7. The van der Waals surface area contributed by atoms with Gasteiger partial charge < -0.3 is 19.6 Å². The molecule has 6 heteroatoms. The Morgan fingerprint density at radius 1 is 1.32 bits per heavy atom. The van der Waals surface area contributed by atoms with E-state index in [2.05, 4.69) is 16.4 Å². The molecule has 128 valence electrons. The number of hydrogen-bond donors (Lipinski definition) is 2. The number of aromatic amines is 1. The van der Waals surface area contributed by atoms with Crippen molar-refractivity contribution in [2.45, 2.75) is 19.4 Å². The second-order valence-corrected chi connectivity index (χ2v) is 6.44. The van der Waals surface area contributed by atoms with E-state index in [1.807, 2.05) is 25.1 Å². The maximum Gasteiger partial charge on any atom is 0.270 e. The smallest absolute Gasteiger partial charge is 0.270 e. The summed E-state index contributed by atoms with van der Waals surface area (Å²) in [5.74, 6) is -0.211. The fourth-order valence-electron chi connectivity index (χ4n) is 3.15. The van der Waals surface area contributed by atoms with Crippen LogP contribution in [0.4, 0.5) is 0 Å². The molecule has 1 unspecified atom stereocenters. The molecule has 0 saturated carbocycles. The number of likely N-dealkylation sites (tertiary alicyclic amines) is 1. The van der Waals surface area contributed by atoms with Gasteiger partial charge >= 0.3 is 0 Å². The summed E-state index contributed by atoms with van der Waals surface area (Å²) < 4.78 is 4.91. The number of hydrogen-bond acceptors (Lipinski definition) is 3. The van der Waals surface area contributed by atoms with Crippen LogP contribution in [0.15, 0.2) is 47.3 Å². The molecule has 0 bridgehead atoms. The summed E-state index contributed by atoms with van der Waals surface area (Å²) >= 11 is 0. The minimum absolute atomic E-state index is 0.0245. The van der Waals surface area contributed by atoms with E-state index < -0.39 is 0 Å². The predicted octanol–water partition coefficient (Wildman–Crippen LogP) is 2.71. The highest BCUT2D eigenvalue weighted by atomic mass is 16.3. The Bertz CT molecular complexity index is 927. The van der Waals surface area contributed by atoms with E-state index in [0.717, 1.165) is 22.9 Å². The summed E-state index contributed by atoms with van der Waals surface area (Å²) in [6.07, 6.45) is 3.76. The average molecular weight is 337 g/mol. The van der Waals surface area contributed by atoms with E-state index in [-0.39, 0.29) is 17.9 Å². The summed E-state index contributed by atoms with van der Waals surface area (Å²) in [7, 11) is 0. The number of furan rings is 1. The van der Waals surface area contributed by atoms with Crippen LogP contribution in [0.5, 0.6) is 0 Å². The van der Waals surface area contributed by atoms with Crippen molar-refractivity contribution in [2.24, 2.45) is 0 Å². The fraction of sp³-hybridized carbons (Fsp3) is 0.263. The number of aromatic nitrogens is 1. The molecule has 1 aromatic carbocycles. The van der Waals surface area contributed by atoms with Crippen LogP contribution < -0.4 is 5.32 Å². The minimum Gasteiger partial charge on any atom is -0.472 e. The molecule has 2 aromatic heterocycles. The van der Waals surface area contributed by atoms with Crippen LogP contribution >= 0.6 is 0 Å². The largest absolute Gasteiger partial charge is 0.472 e. The topological polar surface area (TPSA) is 78.3 Å². The quantitative estimate of drug-likeness (QED) is 0.768. The maximum atomic E-state index is 12.7. The van der Waals surface area contributed by atoms with Crippen LogP contribution in [0.1, 0.15) is 32.8 Å². The number of benzene rings is 1. The number of H-pyrrole nitrogens is 1. The number of rotatable bonds is 4. The predicted molar refractivity (Wildman–Crippen MR) is 93.5 cm³/mol. The van der Waals surface area contributed by atoms with E-state index in [1.165, 1.54) is 12.5 Å². The highest BCUT2D eigenvalue weighted by molar-refractivity contribution is 5.99. The van der Waals surface area contributed by atoms with Gasteiger partial charge in [0.15, 0.2) is 0 Å². The molecule has 2 amide bonds. The van der Waals surface area contributed by atoms with Crippen molar-refractivity contribution in [3.8, 4) is 0 Å². The van der Waals surface area contributed by atoms with Crippen LogP contribution in [0.3, 0.4) is 0 Å². The number of carbonyl (C=O) groups is 2. The molecule has 4 rings (SSSR count). The summed E-state index contributed by atoms with van der Waals surface area (Å²) in [5, 5.41) is 3.89. The zero-order valence-corrected chi connectivity index (χ0v) is 13.9. The van der Waals surface area contributed by atoms with Crippen molar-refractivity contribution < 1.29 is 14.0 Å². The Morgan fingerprint density at radius 2 is 2.20 bits per heavy atom. The third-order valence-corrected chi connectivity index (χ3v) is 4.69. The molecule has 6 nitrogen and oxygen atoms in total. The van der Waals surface area contributed by atoms with Crippen molar-refractivity contribution in [1.82, 2.24) is 15.2 Å². The molecule has 0 spiro atoms. The molecule has 1 aliphatic heterocycles. The number of nitrogens with one attached hydrogen (secondary N) is 2. The Labute approximate surface area is 144 Å². The van der Waals surface area contributed by atoms with Gasteiger partial charge in [0.05, 0.1) is 17.9 Å². The lowest BCUT2D eigenvalue weighted by Crippen LogP contribution is -2.56. The van der Waals surface area contributed by atoms with Gasteiger partial charge in [-0.3, -0.25) is 9.59 Å². The molecule has 0 aliphatic carbocycles. The SMILES string of the molecule is Cc1ccc2[nH]c(C(=O)N3CCC3CNC(=O)c3ccoc3)cc2c1. The highest BCUT2D eigenvalue weighted by Gasteiger charge is 2.33. The lowest BCUT2D eigenvalue weighted by atomic mass is 10.0. The number of carbonyl (C=O) groups excluding carboxylic acids is 2. The molecule has 2 N–H and O–H groups in total. The van der Waals surface area contributed by atoms with Gasteiger partial charge in [-0.25, -0.2) is 0 Å². The molecule has 1 atom stereocenters. The van der Waals surface area contributed by atoms with E-state index in [4.69, 9.17) is 4.42 Å². The first-order chi connectivity index (χ1) is 12.1. The normalized spacial score (nSPS) is 16.7. The van der Waals surface area contributed by atoms with Crippen LogP contribution in [0.25, 0.3) is 10.9 Å². The first kappa shape index (κ1) is 15.5. The van der Waals surface area contributed by atoms with Crippen LogP contribution in [0, 0.1) is 6.92 Å². The second kappa shape index (κ2) is 6.12. The second-order valence-electron chi connectivity index (χ2n) is 6.44. The van der Waals surface area contributed by atoms with Gasteiger partial charge in [0.1, 0.15) is 12.0 Å². The van der Waals surface area contributed by atoms with Gasteiger partial charge in [0.2, 0.25) is 0 Å².